The van der Waals surface area contributed by atoms with Crippen LogP contribution in [0.5, 0.6) is 0 Å². The number of rotatable bonds is 6. The molecule has 18 heavy (non-hydrogen) atoms. The summed E-state index contributed by atoms with van der Waals surface area (Å²) in [6.07, 6.45) is 1.68. The first-order valence-electron chi connectivity index (χ1n) is 5.45. The van der Waals surface area contributed by atoms with Crippen molar-refractivity contribution in [1.82, 2.24) is 5.32 Å². The van der Waals surface area contributed by atoms with Gasteiger partial charge < -0.3 is 10.4 Å². The van der Waals surface area contributed by atoms with E-state index in [9.17, 15) is 9.00 Å². The quantitative estimate of drug-likeness (QED) is 0.835. The molecule has 1 rings (SSSR count). The van der Waals surface area contributed by atoms with E-state index in [1.54, 1.807) is 24.5 Å². The van der Waals surface area contributed by atoms with Gasteiger partial charge in [0.05, 0.1) is 5.56 Å². The van der Waals surface area contributed by atoms with Gasteiger partial charge in [0.25, 0.3) is 0 Å². The van der Waals surface area contributed by atoms with Crippen LogP contribution in [0.25, 0.3) is 0 Å². The molecule has 1 aromatic carbocycles. The van der Waals surface area contributed by atoms with E-state index in [-0.39, 0.29) is 11.6 Å². The molecular weight excluding hydrogens is 318 g/mol. The summed E-state index contributed by atoms with van der Waals surface area (Å²) in [6.45, 7) is 2.58. The Kier molecular flexibility index (Phi) is 5.98. The topological polar surface area (TPSA) is 66.4 Å². The number of carboxylic acid groups (broad SMARTS) is 1. The Morgan fingerprint density at radius 3 is 2.72 bits per heavy atom. The van der Waals surface area contributed by atoms with E-state index in [0.29, 0.717) is 12.3 Å². The standard InChI is InChI=1S/C12H16BrNO3S/c1-8(7-18(2)17)14-6-10-4-3-9(12(15)16)5-11(10)13/h3-5,8,14H,6-7H2,1-2H3,(H,15,16). The second-order valence-electron chi connectivity index (χ2n) is 4.13. The van der Waals surface area contributed by atoms with E-state index in [1.807, 2.05) is 6.92 Å². The lowest BCUT2D eigenvalue weighted by Gasteiger charge is -2.13. The maximum absolute atomic E-state index is 11.0. The highest BCUT2D eigenvalue weighted by atomic mass is 79.9. The Balaban J connectivity index is 2.63. The van der Waals surface area contributed by atoms with E-state index in [1.165, 1.54) is 0 Å². The van der Waals surface area contributed by atoms with Gasteiger partial charge in [0.2, 0.25) is 0 Å². The molecule has 0 bridgehead atoms. The van der Waals surface area contributed by atoms with Crippen LogP contribution in [0, 0.1) is 0 Å². The molecule has 4 nitrogen and oxygen atoms in total. The lowest BCUT2D eigenvalue weighted by molar-refractivity contribution is 0.0697. The molecule has 100 valence electrons. The van der Waals surface area contributed by atoms with Gasteiger partial charge in [-0.25, -0.2) is 4.79 Å². The van der Waals surface area contributed by atoms with Crippen molar-refractivity contribution in [3.63, 3.8) is 0 Å². The van der Waals surface area contributed by atoms with Gasteiger partial charge in [0.15, 0.2) is 0 Å². The van der Waals surface area contributed by atoms with Crippen LogP contribution in [0.4, 0.5) is 0 Å². The van der Waals surface area contributed by atoms with Gasteiger partial charge in [0.1, 0.15) is 0 Å². The normalized spacial score (nSPS) is 14.2. The van der Waals surface area contributed by atoms with Crippen molar-refractivity contribution < 1.29 is 14.1 Å². The van der Waals surface area contributed by atoms with Crippen LogP contribution in [-0.2, 0) is 17.3 Å². The molecule has 0 aromatic heterocycles. The fourth-order valence-corrected chi connectivity index (χ4v) is 2.86. The SMILES string of the molecule is CC(CS(C)=O)NCc1ccc(C(=O)O)cc1Br. The van der Waals surface area contributed by atoms with Gasteiger partial charge in [0, 0.05) is 39.9 Å². The van der Waals surface area contributed by atoms with E-state index in [4.69, 9.17) is 5.11 Å². The van der Waals surface area contributed by atoms with Gasteiger partial charge in [-0.1, -0.05) is 22.0 Å². The zero-order valence-corrected chi connectivity index (χ0v) is 12.7. The summed E-state index contributed by atoms with van der Waals surface area (Å²) in [5, 5.41) is 12.1. The predicted octanol–water partition coefficient (Wildman–Crippen LogP) is 2.00. The average molecular weight is 334 g/mol. The molecule has 0 spiro atoms. The van der Waals surface area contributed by atoms with Gasteiger partial charge in [-0.2, -0.15) is 0 Å². The lowest BCUT2D eigenvalue weighted by atomic mass is 10.1. The van der Waals surface area contributed by atoms with Crippen LogP contribution < -0.4 is 5.32 Å². The molecule has 1 aromatic rings. The highest BCUT2D eigenvalue weighted by Gasteiger charge is 2.08. The van der Waals surface area contributed by atoms with Crippen molar-refractivity contribution in [1.29, 1.82) is 0 Å². The van der Waals surface area contributed by atoms with E-state index >= 15 is 0 Å². The molecule has 0 aliphatic heterocycles. The van der Waals surface area contributed by atoms with Crippen molar-refractivity contribution in [2.24, 2.45) is 0 Å². The summed E-state index contributed by atoms with van der Waals surface area (Å²) in [5.41, 5.74) is 1.24. The highest BCUT2D eigenvalue weighted by Crippen LogP contribution is 2.18. The number of carbonyl (C=O) groups is 1. The Morgan fingerprint density at radius 2 is 2.22 bits per heavy atom. The second-order valence-corrected chi connectivity index (χ2v) is 6.47. The van der Waals surface area contributed by atoms with E-state index in [0.717, 1.165) is 10.0 Å². The molecule has 0 radical (unpaired) electrons. The van der Waals surface area contributed by atoms with Crippen molar-refractivity contribution in [2.75, 3.05) is 12.0 Å². The first-order valence-corrected chi connectivity index (χ1v) is 7.97. The number of hydrogen-bond acceptors (Lipinski definition) is 3. The summed E-state index contributed by atoms with van der Waals surface area (Å²) >= 11 is 3.35. The molecule has 2 atom stereocenters. The fourth-order valence-electron chi connectivity index (χ4n) is 1.52. The third kappa shape index (κ3) is 4.88. The lowest BCUT2D eigenvalue weighted by Crippen LogP contribution is -2.30. The number of benzene rings is 1. The molecule has 0 heterocycles. The minimum absolute atomic E-state index is 0.155. The number of aromatic carboxylic acids is 1. The molecule has 0 saturated heterocycles. The van der Waals surface area contributed by atoms with Gasteiger partial charge in [-0.05, 0) is 24.6 Å². The third-order valence-electron chi connectivity index (χ3n) is 2.43. The zero-order chi connectivity index (χ0) is 13.7. The summed E-state index contributed by atoms with van der Waals surface area (Å²) in [6, 6.07) is 5.09. The smallest absolute Gasteiger partial charge is 0.335 e. The minimum atomic E-state index is -0.940. The maximum Gasteiger partial charge on any atom is 0.335 e. The average Bonchev–Trinajstić information content (AvgIpc) is 2.26. The Bertz CT molecular complexity index is 465. The Morgan fingerprint density at radius 1 is 1.56 bits per heavy atom. The molecule has 0 amide bonds. The van der Waals surface area contributed by atoms with E-state index in [2.05, 4.69) is 21.2 Å². The molecule has 2 unspecified atom stereocenters. The van der Waals surface area contributed by atoms with Crippen molar-refractivity contribution >= 4 is 32.7 Å². The number of carboxylic acids is 1. The Hall–Kier alpha value is -0.720. The van der Waals surface area contributed by atoms with Crippen LogP contribution in [0.3, 0.4) is 0 Å². The monoisotopic (exact) mass is 333 g/mol. The van der Waals surface area contributed by atoms with Crippen molar-refractivity contribution in [2.45, 2.75) is 19.5 Å². The number of hydrogen-bond donors (Lipinski definition) is 2. The highest BCUT2D eigenvalue weighted by molar-refractivity contribution is 9.10. The van der Waals surface area contributed by atoms with Crippen LogP contribution in [0.1, 0.15) is 22.8 Å². The van der Waals surface area contributed by atoms with Crippen LogP contribution in [-0.4, -0.2) is 33.3 Å². The van der Waals surface area contributed by atoms with E-state index < -0.39 is 16.8 Å². The molecular formula is C12H16BrNO3S. The molecule has 6 heteroatoms. The largest absolute Gasteiger partial charge is 0.478 e. The number of nitrogens with one attached hydrogen (secondary N) is 1. The van der Waals surface area contributed by atoms with Gasteiger partial charge >= 0.3 is 5.97 Å². The number of halogens is 1. The molecule has 0 saturated carbocycles. The maximum atomic E-state index is 11.0. The molecule has 0 fully saturated rings. The van der Waals surface area contributed by atoms with Crippen LogP contribution in [0.15, 0.2) is 22.7 Å². The van der Waals surface area contributed by atoms with Crippen molar-refractivity contribution in [3.8, 4) is 0 Å². The second kappa shape index (κ2) is 7.01. The summed E-state index contributed by atoms with van der Waals surface area (Å²) in [4.78, 5) is 10.8. The zero-order valence-electron chi connectivity index (χ0n) is 10.3. The predicted molar refractivity (Wildman–Crippen MR) is 76.3 cm³/mol. The van der Waals surface area contributed by atoms with Crippen LogP contribution in [0.2, 0.25) is 0 Å². The summed E-state index contributed by atoms with van der Waals surface area (Å²) in [5.74, 6) is -0.338. The summed E-state index contributed by atoms with van der Waals surface area (Å²) < 4.78 is 11.8. The molecule has 0 aliphatic carbocycles. The first kappa shape index (κ1) is 15.3. The van der Waals surface area contributed by atoms with Gasteiger partial charge in [-0.15, -0.1) is 0 Å². The Labute approximate surface area is 117 Å². The summed E-state index contributed by atoms with van der Waals surface area (Å²) in [7, 11) is -0.821. The van der Waals surface area contributed by atoms with Crippen molar-refractivity contribution in [3.05, 3.63) is 33.8 Å². The third-order valence-corrected chi connectivity index (χ3v) is 4.13. The first-order chi connectivity index (χ1) is 8.40. The fraction of sp³-hybridized carbons (Fsp3) is 0.417. The van der Waals surface area contributed by atoms with Gasteiger partial charge in [-0.3, -0.25) is 4.21 Å². The van der Waals surface area contributed by atoms with Crippen LogP contribution >= 0.6 is 15.9 Å². The molecule has 0 aliphatic rings. The molecule has 2 N–H and O–H groups in total. The minimum Gasteiger partial charge on any atom is -0.478 e.